The number of aromatic nitrogens is 1. The average Bonchev–Trinajstić information content (AvgIpc) is 2.93. The molecule has 104 valence electrons. The molecular weight excluding hydrogens is 244 g/mol. The molecule has 1 atom stereocenters. The van der Waals surface area contributed by atoms with E-state index in [-0.39, 0.29) is 5.97 Å². The van der Waals surface area contributed by atoms with Crippen LogP contribution in [0.3, 0.4) is 0 Å². The number of hydrogen-bond acceptors (Lipinski definition) is 5. The van der Waals surface area contributed by atoms with Crippen molar-refractivity contribution in [2.75, 3.05) is 25.1 Å². The Bertz CT molecular complexity index is 417. The van der Waals surface area contributed by atoms with Crippen molar-refractivity contribution in [2.45, 2.75) is 32.3 Å². The van der Waals surface area contributed by atoms with Crippen LogP contribution in [0, 0.1) is 0 Å². The lowest BCUT2D eigenvalue weighted by Gasteiger charge is -2.12. The first-order valence-corrected chi connectivity index (χ1v) is 6.79. The highest BCUT2D eigenvalue weighted by atomic mass is 16.5. The fourth-order valence-corrected chi connectivity index (χ4v) is 2.14. The van der Waals surface area contributed by atoms with E-state index in [2.05, 4.69) is 10.3 Å². The summed E-state index contributed by atoms with van der Waals surface area (Å²) < 4.78 is 10.6. The number of pyridine rings is 1. The molecule has 1 N–H and O–H groups in total. The molecule has 1 aliphatic rings. The van der Waals surface area contributed by atoms with Gasteiger partial charge in [0.25, 0.3) is 0 Å². The number of carbonyl (C=O) groups is 1. The van der Waals surface area contributed by atoms with E-state index in [0.29, 0.717) is 24.1 Å². The Morgan fingerprint density at radius 2 is 2.53 bits per heavy atom. The topological polar surface area (TPSA) is 60.5 Å². The van der Waals surface area contributed by atoms with Crippen LogP contribution in [-0.4, -0.2) is 36.8 Å². The van der Waals surface area contributed by atoms with Crippen LogP contribution in [0.25, 0.3) is 0 Å². The van der Waals surface area contributed by atoms with Crippen LogP contribution in [0.4, 0.5) is 5.82 Å². The molecule has 0 saturated carbocycles. The molecule has 1 aliphatic heterocycles. The molecule has 0 bridgehead atoms. The minimum Gasteiger partial charge on any atom is -0.462 e. The fraction of sp³-hybridized carbons (Fsp3) is 0.571. The van der Waals surface area contributed by atoms with Crippen molar-refractivity contribution in [3.8, 4) is 0 Å². The molecular formula is C14H20N2O3. The minimum absolute atomic E-state index is 0.335. The van der Waals surface area contributed by atoms with Gasteiger partial charge < -0.3 is 14.8 Å². The number of hydrogen-bond donors (Lipinski definition) is 1. The number of nitrogens with zero attached hydrogens (tertiary/aromatic N) is 1. The second-order valence-electron chi connectivity index (χ2n) is 4.47. The van der Waals surface area contributed by atoms with Crippen molar-refractivity contribution >= 4 is 11.8 Å². The molecule has 19 heavy (non-hydrogen) atoms. The first-order valence-electron chi connectivity index (χ1n) is 6.79. The van der Waals surface area contributed by atoms with Crippen molar-refractivity contribution in [1.82, 2.24) is 4.98 Å². The van der Waals surface area contributed by atoms with Gasteiger partial charge in [0, 0.05) is 19.3 Å². The minimum atomic E-state index is -0.338. The molecule has 0 amide bonds. The van der Waals surface area contributed by atoms with E-state index in [9.17, 15) is 4.79 Å². The first kappa shape index (κ1) is 13.8. The molecule has 2 rings (SSSR count). The van der Waals surface area contributed by atoms with E-state index in [1.165, 1.54) is 0 Å². The van der Waals surface area contributed by atoms with Gasteiger partial charge in [-0.15, -0.1) is 0 Å². The number of nitrogens with one attached hydrogen (secondary N) is 1. The molecule has 0 radical (unpaired) electrons. The number of ether oxygens (including phenoxy) is 2. The van der Waals surface area contributed by atoms with Crippen molar-refractivity contribution in [3.63, 3.8) is 0 Å². The SMILES string of the molecule is CCOC(=O)c1cccnc1NCCC1CCCO1. The summed E-state index contributed by atoms with van der Waals surface area (Å²) in [5, 5.41) is 3.19. The van der Waals surface area contributed by atoms with Gasteiger partial charge in [-0.2, -0.15) is 0 Å². The molecule has 2 heterocycles. The average molecular weight is 264 g/mol. The zero-order chi connectivity index (χ0) is 13.5. The molecule has 1 aromatic heterocycles. The normalized spacial score (nSPS) is 18.3. The van der Waals surface area contributed by atoms with Gasteiger partial charge >= 0.3 is 5.97 Å². The highest BCUT2D eigenvalue weighted by Crippen LogP contribution is 2.17. The highest BCUT2D eigenvalue weighted by molar-refractivity contribution is 5.94. The lowest BCUT2D eigenvalue weighted by atomic mass is 10.2. The summed E-state index contributed by atoms with van der Waals surface area (Å²) in [6.07, 6.45) is 5.19. The summed E-state index contributed by atoms with van der Waals surface area (Å²) in [6.45, 7) is 3.76. The Labute approximate surface area is 113 Å². The molecule has 0 aliphatic carbocycles. The molecule has 5 nitrogen and oxygen atoms in total. The van der Waals surface area contributed by atoms with Crippen LogP contribution in [-0.2, 0) is 9.47 Å². The third-order valence-electron chi connectivity index (χ3n) is 3.09. The molecule has 1 unspecified atom stereocenters. The van der Waals surface area contributed by atoms with E-state index in [0.717, 1.165) is 32.4 Å². The molecule has 1 aromatic rings. The van der Waals surface area contributed by atoms with E-state index in [4.69, 9.17) is 9.47 Å². The van der Waals surface area contributed by atoms with Gasteiger partial charge in [0.1, 0.15) is 11.4 Å². The summed E-state index contributed by atoms with van der Waals surface area (Å²) in [5.74, 6) is 0.245. The second kappa shape index (κ2) is 7.09. The van der Waals surface area contributed by atoms with E-state index >= 15 is 0 Å². The highest BCUT2D eigenvalue weighted by Gasteiger charge is 2.16. The Balaban J connectivity index is 1.89. The van der Waals surface area contributed by atoms with Crippen molar-refractivity contribution < 1.29 is 14.3 Å². The summed E-state index contributed by atoms with van der Waals surface area (Å²) in [4.78, 5) is 16.0. The van der Waals surface area contributed by atoms with Gasteiger partial charge in [0.15, 0.2) is 0 Å². The number of anilines is 1. The second-order valence-corrected chi connectivity index (χ2v) is 4.47. The van der Waals surface area contributed by atoms with Gasteiger partial charge in [-0.05, 0) is 38.3 Å². The molecule has 0 spiro atoms. The lowest BCUT2D eigenvalue weighted by Crippen LogP contribution is -2.16. The van der Waals surface area contributed by atoms with Gasteiger partial charge in [0.2, 0.25) is 0 Å². The third-order valence-corrected chi connectivity index (χ3v) is 3.09. The molecule has 1 fully saturated rings. The fourth-order valence-electron chi connectivity index (χ4n) is 2.14. The Morgan fingerprint density at radius 1 is 1.63 bits per heavy atom. The summed E-state index contributed by atoms with van der Waals surface area (Å²) >= 11 is 0. The third kappa shape index (κ3) is 3.92. The van der Waals surface area contributed by atoms with E-state index in [1.54, 1.807) is 25.3 Å². The van der Waals surface area contributed by atoms with E-state index in [1.807, 2.05) is 0 Å². The maximum Gasteiger partial charge on any atom is 0.341 e. The van der Waals surface area contributed by atoms with Crippen molar-refractivity contribution in [1.29, 1.82) is 0 Å². The lowest BCUT2D eigenvalue weighted by molar-refractivity contribution is 0.0527. The van der Waals surface area contributed by atoms with E-state index < -0.39 is 0 Å². The van der Waals surface area contributed by atoms with Crippen molar-refractivity contribution in [3.05, 3.63) is 23.9 Å². The predicted molar refractivity (Wildman–Crippen MR) is 72.3 cm³/mol. The van der Waals surface area contributed by atoms with Crippen LogP contribution < -0.4 is 5.32 Å². The van der Waals surface area contributed by atoms with Crippen LogP contribution >= 0.6 is 0 Å². The Kier molecular flexibility index (Phi) is 5.15. The van der Waals surface area contributed by atoms with Crippen molar-refractivity contribution in [2.24, 2.45) is 0 Å². The van der Waals surface area contributed by atoms with Crippen LogP contribution in [0.1, 0.15) is 36.5 Å². The molecule has 1 saturated heterocycles. The maximum absolute atomic E-state index is 11.8. The molecule has 0 aromatic carbocycles. The zero-order valence-electron chi connectivity index (χ0n) is 11.2. The Hall–Kier alpha value is -1.62. The van der Waals surface area contributed by atoms with Crippen LogP contribution in [0.5, 0.6) is 0 Å². The standard InChI is InChI=1S/C14H20N2O3/c1-2-18-14(17)12-6-3-8-15-13(12)16-9-7-11-5-4-10-19-11/h3,6,8,11H,2,4-5,7,9-10H2,1H3,(H,15,16). The van der Waals surface area contributed by atoms with Gasteiger partial charge in [-0.1, -0.05) is 0 Å². The summed E-state index contributed by atoms with van der Waals surface area (Å²) in [5.41, 5.74) is 0.483. The largest absolute Gasteiger partial charge is 0.462 e. The van der Waals surface area contributed by atoms with Crippen LogP contribution in [0.15, 0.2) is 18.3 Å². The van der Waals surface area contributed by atoms with Gasteiger partial charge in [0.05, 0.1) is 12.7 Å². The monoisotopic (exact) mass is 264 g/mol. The summed E-state index contributed by atoms with van der Waals surface area (Å²) in [6, 6.07) is 3.46. The summed E-state index contributed by atoms with van der Waals surface area (Å²) in [7, 11) is 0. The number of esters is 1. The first-order chi connectivity index (χ1) is 9.31. The van der Waals surface area contributed by atoms with Crippen LogP contribution in [0.2, 0.25) is 0 Å². The smallest absolute Gasteiger partial charge is 0.341 e. The number of rotatable bonds is 6. The number of carbonyl (C=O) groups excluding carboxylic acids is 1. The quantitative estimate of drug-likeness (QED) is 0.798. The Morgan fingerprint density at radius 3 is 3.26 bits per heavy atom. The van der Waals surface area contributed by atoms with Gasteiger partial charge in [-0.25, -0.2) is 9.78 Å². The maximum atomic E-state index is 11.8. The predicted octanol–water partition coefficient (Wildman–Crippen LogP) is 2.24. The zero-order valence-corrected chi connectivity index (χ0v) is 11.2. The molecule has 5 heteroatoms. The van der Waals surface area contributed by atoms with Gasteiger partial charge in [-0.3, -0.25) is 0 Å².